The van der Waals surface area contributed by atoms with Crippen molar-refractivity contribution in [3.05, 3.63) is 23.0 Å². The summed E-state index contributed by atoms with van der Waals surface area (Å²) in [6, 6.07) is 1.74. The topological polar surface area (TPSA) is 67.6 Å². The number of carbonyl (C=O) groups excluding carboxylic acids is 1. The molecule has 2 aromatic rings. The summed E-state index contributed by atoms with van der Waals surface area (Å²) >= 11 is 0. The molecule has 1 aromatic carbocycles. The van der Waals surface area contributed by atoms with Crippen LogP contribution in [0, 0.1) is 6.92 Å². The third-order valence-electron chi connectivity index (χ3n) is 3.45. The Hall–Kier alpha value is -2.08. The number of imidazole rings is 1. The molecular formula is C15H21N3O3. The van der Waals surface area contributed by atoms with Gasteiger partial charge in [0.25, 0.3) is 0 Å². The first kappa shape index (κ1) is 15.3. The molecule has 0 aliphatic carbocycles. The molecule has 0 atom stereocenters. The fourth-order valence-corrected chi connectivity index (χ4v) is 2.33. The van der Waals surface area contributed by atoms with E-state index in [1.165, 1.54) is 0 Å². The minimum absolute atomic E-state index is 0.0490. The number of carbonyl (C=O) groups is 1. The standard InChI is InChI=1S/C15H21N3O3/c1-6-21-15(20)10-7-12-13(16-9(2)18(12)5)14(19)11(10)8-17(3)4/h7,19H,6,8H2,1-5H3. The third-order valence-corrected chi connectivity index (χ3v) is 3.45. The number of nitrogens with zero attached hydrogens (tertiary/aromatic N) is 3. The van der Waals surface area contributed by atoms with Crippen molar-refractivity contribution in [3.8, 4) is 5.75 Å². The van der Waals surface area contributed by atoms with Crippen LogP contribution < -0.4 is 0 Å². The molecular weight excluding hydrogens is 270 g/mol. The summed E-state index contributed by atoms with van der Waals surface area (Å²) in [5.41, 5.74) is 2.16. The van der Waals surface area contributed by atoms with E-state index in [1.54, 1.807) is 13.0 Å². The van der Waals surface area contributed by atoms with Crippen molar-refractivity contribution < 1.29 is 14.6 Å². The SMILES string of the molecule is CCOC(=O)c1cc2c(nc(C)n2C)c(O)c1CN(C)C. The highest BCUT2D eigenvalue weighted by Crippen LogP contribution is 2.32. The van der Waals surface area contributed by atoms with Crippen LogP contribution in [0.3, 0.4) is 0 Å². The van der Waals surface area contributed by atoms with Crippen LogP contribution in [0.25, 0.3) is 11.0 Å². The molecule has 0 aliphatic rings. The largest absolute Gasteiger partial charge is 0.505 e. The van der Waals surface area contributed by atoms with Crippen LogP contribution in [0.2, 0.25) is 0 Å². The predicted molar refractivity (Wildman–Crippen MR) is 80.5 cm³/mol. The lowest BCUT2D eigenvalue weighted by Gasteiger charge is -2.15. The smallest absolute Gasteiger partial charge is 0.338 e. The number of aromatic hydroxyl groups is 1. The second-order valence-corrected chi connectivity index (χ2v) is 5.30. The maximum absolute atomic E-state index is 12.2. The number of hydrogen-bond donors (Lipinski definition) is 1. The van der Waals surface area contributed by atoms with Crippen molar-refractivity contribution in [2.45, 2.75) is 20.4 Å². The summed E-state index contributed by atoms with van der Waals surface area (Å²) in [5, 5.41) is 10.5. The van der Waals surface area contributed by atoms with Gasteiger partial charge in [0, 0.05) is 19.2 Å². The Bertz CT molecular complexity index is 689. The van der Waals surface area contributed by atoms with Gasteiger partial charge in [-0.05, 0) is 34.0 Å². The van der Waals surface area contributed by atoms with E-state index in [-0.39, 0.29) is 5.75 Å². The van der Waals surface area contributed by atoms with E-state index in [0.717, 1.165) is 11.3 Å². The van der Waals surface area contributed by atoms with Crippen molar-refractivity contribution in [2.24, 2.45) is 7.05 Å². The molecule has 6 nitrogen and oxygen atoms in total. The number of phenols is 1. The van der Waals surface area contributed by atoms with Crippen LogP contribution in [-0.4, -0.2) is 46.2 Å². The highest BCUT2D eigenvalue weighted by atomic mass is 16.5. The lowest BCUT2D eigenvalue weighted by atomic mass is 10.0. The minimum Gasteiger partial charge on any atom is -0.505 e. The summed E-state index contributed by atoms with van der Waals surface area (Å²) in [6.45, 7) is 4.35. The lowest BCUT2D eigenvalue weighted by Crippen LogP contribution is -2.16. The van der Waals surface area contributed by atoms with E-state index in [1.807, 2.05) is 37.5 Å². The van der Waals surface area contributed by atoms with E-state index >= 15 is 0 Å². The summed E-state index contributed by atoms with van der Waals surface area (Å²) in [4.78, 5) is 18.4. The molecule has 2 rings (SSSR count). The van der Waals surface area contributed by atoms with E-state index in [2.05, 4.69) is 4.98 Å². The fourth-order valence-electron chi connectivity index (χ4n) is 2.33. The first-order valence-electron chi connectivity index (χ1n) is 6.86. The number of esters is 1. The quantitative estimate of drug-likeness (QED) is 0.870. The van der Waals surface area contributed by atoms with Crippen molar-refractivity contribution in [1.29, 1.82) is 0 Å². The van der Waals surface area contributed by atoms with Gasteiger partial charge in [0.1, 0.15) is 17.1 Å². The molecule has 0 aliphatic heterocycles. The molecule has 1 aromatic heterocycles. The van der Waals surface area contributed by atoms with Gasteiger partial charge < -0.3 is 19.3 Å². The molecule has 0 fully saturated rings. The fraction of sp³-hybridized carbons (Fsp3) is 0.467. The van der Waals surface area contributed by atoms with Gasteiger partial charge >= 0.3 is 5.97 Å². The molecule has 1 heterocycles. The Morgan fingerprint density at radius 3 is 2.71 bits per heavy atom. The summed E-state index contributed by atoms with van der Waals surface area (Å²) < 4.78 is 6.95. The van der Waals surface area contributed by atoms with Crippen LogP contribution in [-0.2, 0) is 18.3 Å². The molecule has 0 radical (unpaired) electrons. The maximum Gasteiger partial charge on any atom is 0.338 e. The zero-order chi connectivity index (χ0) is 15.7. The molecule has 21 heavy (non-hydrogen) atoms. The number of aromatic nitrogens is 2. The minimum atomic E-state index is -0.426. The van der Waals surface area contributed by atoms with Crippen LogP contribution in [0.15, 0.2) is 6.07 Å². The molecule has 0 amide bonds. The molecule has 114 valence electrons. The Kier molecular flexibility index (Phi) is 4.18. The number of benzene rings is 1. The normalized spacial score (nSPS) is 11.3. The van der Waals surface area contributed by atoms with Crippen molar-refractivity contribution in [1.82, 2.24) is 14.5 Å². The maximum atomic E-state index is 12.2. The van der Waals surface area contributed by atoms with Crippen molar-refractivity contribution >= 4 is 17.0 Å². The number of fused-ring (bicyclic) bond motifs is 1. The summed E-state index contributed by atoms with van der Waals surface area (Å²) in [5.74, 6) is 0.399. The van der Waals surface area contributed by atoms with E-state index in [9.17, 15) is 9.90 Å². The zero-order valence-electron chi connectivity index (χ0n) is 13.1. The van der Waals surface area contributed by atoms with Crippen LogP contribution in [0.4, 0.5) is 0 Å². The van der Waals surface area contributed by atoms with E-state index in [4.69, 9.17) is 4.74 Å². The first-order chi connectivity index (χ1) is 9.86. The van der Waals surface area contributed by atoms with Gasteiger partial charge in [-0.15, -0.1) is 0 Å². The second-order valence-electron chi connectivity index (χ2n) is 5.30. The van der Waals surface area contributed by atoms with Gasteiger partial charge in [-0.25, -0.2) is 9.78 Å². The summed E-state index contributed by atoms with van der Waals surface area (Å²) in [6.07, 6.45) is 0. The Morgan fingerprint density at radius 1 is 1.48 bits per heavy atom. The van der Waals surface area contributed by atoms with Gasteiger partial charge in [-0.2, -0.15) is 0 Å². The average Bonchev–Trinajstić information content (AvgIpc) is 2.69. The monoisotopic (exact) mass is 291 g/mol. The lowest BCUT2D eigenvalue weighted by molar-refractivity contribution is 0.0524. The third kappa shape index (κ3) is 2.71. The van der Waals surface area contributed by atoms with Crippen LogP contribution in [0.1, 0.15) is 28.7 Å². The van der Waals surface area contributed by atoms with Crippen molar-refractivity contribution in [2.75, 3.05) is 20.7 Å². The first-order valence-corrected chi connectivity index (χ1v) is 6.86. The Morgan fingerprint density at radius 2 is 2.14 bits per heavy atom. The molecule has 1 N–H and O–H groups in total. The predicted octanol–water partition coefficient (Wildman–Crippen LogP) is 1.83. The number of phenolic OH excluding ortho intramolecular Hbond substituents is 1. The van der Waals surface area contributed by atoms with Gasteiger partial charge in [-0.3, -0.25) is 0 Å². The highest BCUT2D eigenvalue weighted by Gasteiger charge is 2.22. The van der Waals surface area contributed by atoms with Gasteiger partial charge in [0.2, 0.25) is 0 Å². The number of aryl methyl sites for hydroxylation is 2. The average molecular weight is 291 g/mol. The molecule has 0 bridgehead atoms. The van der Waals surface area contributed by atoms with E-state index in [0.29, 0.717) is 29.8 Å². The second kappa shape index (κ2) is 5.73. The molecule has 0 spiro atoms. The number of hydrogen-bond acceptors (Lipinski definition) is 5. The molecule has 0 unspecified atom stereocenters. The van der Waals surface area contributed by atoms with Crippen LogP contribution in [0.5, 0.6) is 5.75 Å². The molecule has 0 saturated heterocycles. The molecule has 0 saturated carbocycles. The molecule has 6 heteroatoms. The van der Waals surface area contributed by atoms with Gasteiger partial charge in [-0.1, -0.05) is 0 Å². The number of rotatable bonds is 4. The summed E-state index contributed by atoms with van der Waals surface area (Å²) in [7, 11) is 5.61. The zero-order valence-corrected chi connectivity index (χ0v) is 13.1. The van der Waals surface area contributed by atoms with E-state index < -0.39 is 5.97 Å². The van der Waals surface area contributed by atoms with Gasteiger partial charge in [0.15, 0.2) is 0 Å². The van der Waals surface area contributed by atoms with Crippen LogP contribution >= 0.6 is 0 Å². The Labute approximate surface area is 124 Å². The highest BCUT2D eigenvalue weighted by molar-refractivity contribution is 5.98. The van der Waals surface area contributed by atoms with Gasteiger partial charge in [0.05, 0.1) is 17.7 Å². The Balaban J connectivity index is 2.73. The number of ether oxygens (including phenoxy) is 1. The van der Waals surface area contributed by atoms with Crippen molar-refractivity contribution in [3.63, 3.8) is 0 Å².